The number of methoxy groups -OCH3 is 1. The number of hydrogen-bond acceptors (Lipinski definition) is 3. The van der Waals surface area contributed by atoms with Gasteiger partial charge in [-0.1, -0.05) is 28.1 Å². The number of rotatable bonds is 6. The first-order chi connectivity index (χ1) is 11.9. The molecule has 2 amide bonds. The molecule has 132 valence electrons. The molecular formula is C18H18BrFN2O3. The summed E-state index contributed by atoms with van der Waals surface area (Å²) >= 11 is 3.35. The van der Waals surface area contributed by atoms with Crippen LogP contribution in [0.15, 0.2) is 46.9 Å². The van der Waals surface area contributed by atoms with Crippen LogP contribution in [-0.4, -0.2) is 18.9 Å². The first kappa shape index (κ1) is 18.9. The molecule has 0 aliphatic rings. The van der Waals surface area contributed by atoms with Gasteiger partial charge in [0, 0.05) is 17.5 Å². The second-order valence-electron chi connectivity index (χ2n) is 5.40. The van der Waals surface area contributed by atoms with Crippen molar-refractivity contribution in [1.29, 1.82) is 0 Å². The first-order valence-corrected chi connectivity index (χ1v) is 8.34. The average Bonchev–Trinajstić information content (AvgIpc) is 2.56. The smallest absolute Gasteiger partial charge is 0.226 e. The van der Waals surface area contributed by atoms with Crippen molar-refractivity contribution >= 4 is 33.4 Å². The fraction of sp³-hybridized carbons (Fsp3) is 0.222. The molecule has 0 saturated carbocycles. The Kier molecular flexibility index (Phi) is 6.52. The van der Waals surface area contributed by atoms with Crippen LogP contribution in [0.2, 0.25) is 0 Å². The highest BCUT2D eigenvalue weighted by atomic mass is 79.9. The van der Waals surface area contributed by atoms with E-state index < -0.39 is 11.9 Å². The molecule has 0 bridgehead atoms. The van der Waals surface area contributed by atoms with Gasteiger partial charge in [-0.25, -0.2) is 4.39 Å². The Hall–Kier alpha value is -2.41. The van der Waals surface area contributed by atoms with Crippen molar-refractivity contribution in [1.82, 2.24) is 5.32 Å². The molecule has 2 N–H and O–H groups in total. The number of anilines is 1. The van der Waals surface area contributed by atoms with Crippen LogP contribution in [0.5, 0.6) is 5.75 Å². The molecule has 0 aliphatic carbocycles. The predicted octanol–water partition coefficient (Wildman–Crippen LogP) is 3.80. The average molecular weight is 409 g/mol. The third kappa shape index (κ3) is 5.56. The maximum Gasteiger partial charge on any atom is 0.226 e. The second kappa shape index (κ2) is 8.62. The van der Waals surface area contributed by atoms with Crippen molar-refractivity contribution in [3.63, 3.8) is 0 Å². The molecule has 1 atom stereocenters. The summed E-state index contributed by atoms with van der Waals surface area (Å²) in [5, 5.41) is 5.45. The Bertz CT molecular complexity index is 765. The maximum absolute atomic E-state index is 13.2. The van der Waals surface area contributed by atoms with Crippen LogP contribution in [0, 0.1) is 5.82 Å². The van der Waals surface area contributed by atoms with Gasteiger partial charge in [-0.15, -0.1) is 0 Å². The molecule has 0 saturated heterocycles. The normalized spacial score (nSPS) is 11.5. The lowest BCUT2D eigenvalue weighted by Gasteiger charge is -2.19. The van der Waals surface area contributed by atoms with Gasteiger partial charge < -0.3 is 15.4 Å². The lowest BCUT2D eigenvalue weighted by molar-refractivity contribution is -0.120. The Morgan fingerprint density at radius 2 is 1.88 bits per heavy atom. The fourth-order valence-electron chi connectivity index (χ4n) is 2.35. The van der Waals surface area contributed by atoms with E-state index in [0.717, 1.165) is 10.0 Å². The van der Waals surface area contributed by atoms with Gasteiger partial charge >= 0.3 is 0 Å². The monoisotopic (exact) mass is 408 g/mol. The summed E-state index contributed by atoms with van der Waals surface area (Å²) in [7, 11) is 1.40. The van der Waals surface area contributed by atoms with Gasteiger partial charge in [0.25, 0.3) is 0 Å². The molecule has 0 aromatic heterocycles. The van der Waals surface area contributed by atoms with Crippen LogP contribution >= 0.6 is 15.9 Å². The summed E-state index contributed by atoms with van der Waals surface area (Å²) in [4.78, 5) is 23.8. The molecule has 0 heterocycles. The largest absolute Gasteiger partial charge is 0.494 e. The summed E-state index contributed by atoms with van der Waals surface area (Å²) in [6, 6.07) is 10.7. The van der Waals surface area contributed by atoms with Crippen LogP contribution in [-0.2, 0) is 9.59 Å². The third-order valence-corrected chi connectivity index (χ3v) is 4.01. The summed E-state index contributed by atoms with van der Waals surface area (Å²) in [6.07, 6.45) is 0.0295. The molecule has 1 unspecified atom stereocenters. The van der Waals surface area contributed by atoms with Crippen molar-refractivity contribution in [3.8, 4) is 5.75 Å². The van der Waals surface area contributed by atoms with Crippen molar-refractivity contribution in [2.45, 2.75) is 19.4 Å². The van der Waals surface area contributed by atoms with E-state index in [0.29, 0.717) is 5.69 Å². The number of benzene rings is 2. The third-order valence-electron chi connectivity index (χ3n) is 3.48. The van der Waals surface area contributed by atoms with E-state index in [2.05, 4.69) is 26.6 Å². The summed E-state index contributed by atoms with van der Waals surface area (Å²) < 4.78 is 19.2. The molecule has 0 radical (unpaired) electrons. The fourth-order valence-corrected chi connectivity index (χ4v) is 2.61. The Morgan fingerprint density at radius 1 is 1.20 bits per heavy atom. The maximum atomic E-state index is 13.2. The Balaban J connectivity index is 2.14. The minimum absolute atomic E-state index is 0.0295. The number of amides is 2. The SMILES string of the molecule is COc1cc(F)ccc1NC(=O)CC(NC(C)=O)c1ccc(Br)cc1. The van der Waals surface area contributed by atoms with Crippen LogP contribution in [0.3, 0.4) is 0 Å². The van der Waals surface area contributed by atoms with Crippen LogP contribution in [0.1, 0.15) is 24.9 Å². The number of hydrogen-bond donors (Lipinski definition) is 2. The molecule has 2 aromatic rings. The molecular weight excluding hydrogens is 391 g/mol. The van der Waals surface area contributed by atoms with Gasteiger partial charge in [0.15, 0.2) is 0 Å². The van der Waals surface area contributed by atoms with E-state index in [1.165, 1.54) is 32.2 Å². The van der Waals surface area contributed by atoms with E-state index in [1.54, 1.807) is 0 Å². The van der Waals surface area contributed by atoms with Gasteiger partial charge in [0.2, 0.25) is 11.8 Å². The van der Waals surface area contributed by atoms with E-state index >= 15 is 0 Å². The second-order valence-corrected chi connectivity index (χ2v) is 6.32. The topological polar surface area (TPSA) is 67.4 Å². The zero-order valence-corrected chi connectivity index (χ0v) is 15.4. The van der Waals surface area contributed by atoms with Gasteiger partial charge in [-0.3, -0.25) is 9.59 Å². The van der Waals surface area contributed by atoms with Gasteiger partial charge in [-0.2, -0.15) is 0 Å². The summed E-state index contributed by atoms with van der Waals surface area (Å²) in [6.45, 7) is 1.40. The van der Waals surface area contributed by atoms with Crippen molar-refractivity contribution in [2.24, 2.45) is 0 Å². The molecule has 2 rings (SSSR count). The van der Waals surface area contributed by atoms with Gasteiger partial charge in [0.1, 0.15) is 11.6 Å². The Labute approximate surface area is 153 Å². The van der Waals surface area contributed by atoms with Gasteiger partial charge in [0.05, 0.1) is 25.3 Å². The highest BCUT2D eigenvalue weighted by molar-refractivity contribution is 9.10. The van der Waals surface area contributed by atoms with E-state index in [9.17, 15) is 14.0 Å². The van der Waals surface area contributed by atoms with Crippen molar-refractivity contribution < 1.29 is 18.7 Å². The molecule has 5 nitrogen and oxygen atoms in total. The molecule has 25 heavy (non-hydrogen) atoms. The number of ether oxygens (including phenoxy) is 1. The quantitative estimate of drug-likeness (QED) is 0.763. The highest BCUT2D eigenvalue weighted by Gasteiger charge is 2.18. The minimum atomic E-state index is -0.475. The highest BCUT2D eigenvalue weighted by Crippen LogP contribution is 2.26. The standard InChI is InChI=1S/C18H18BrFN2O3/c1-11(23)21-16(12-3-5-13(19)6-4-12)10-18(24)22-15-8-7-14(20)9-17(15)25-2/h3-9,16H,10H2,1-2H3,(H,21,23)(H,22,24). The van der Waals surface area contributed by atoms with Gasteiger partial charge in [-0.05, 0) is 29.8 Å². The number of halogens is 2. The van der Waals surface area contributed by atoms with Crippen LogP contribution < -0.4 is 15.4 Å². The van der Waals surface area contributed by atoms with E-state index in [1.807, 2.05) is 24.3 Å². The number of nitrogens with one attached hydrogen (secondary N) is 2. The zero-order chi connectivity index (χ0) is 18.4. The molecule has 0 fully saturated rings. The molecule has 0 aliphatic heterocycles. The zero-order valence-electron chi connectivity index (χ0n) is 13.8. The van der Waals surface area contributed by atoms with E-state index in [4.69, 9.17) is 4.74 Å². The molecule has 7 heteroatoms. The minimum Gasteiger partial charge on any atom is -0.494 e. The van der Waals surface area contributed by atoms with Crippen LogP contribution in [0.4, 0.5) is 10.1 Å². The van der Waals surface area contributed by atoms with Crippen molar-refractivity contribution in [3.05, 3.63) is 58.3 Å². The van der Waals surface area contributed by atoms with Crippen molar-refractivity contribution in [2.75, 3.05) is 12.4 Å². The van der Waals surface area contributed by atoms with Crippen LogP contribution in [0.25, 0.3) is 0 Å². The number of carbonyl (C=O) groups is 2. The molecule has 0 spiro atoms. The Morgan fingerprint density at radius 3 is 2.48 bits per heavy atom. The summed E-state index contributed by atoms with van der Waals surface area (Å²) in [5.41, 5.74) is 1.17. The lowest BCUT2D eigenvalue weighted by Crippen LogP contribution is -2.29. The first-order valence-electron chi connectivity index (χ1n) is 7.55. The number of carbonyl (C=O) groups excluding carboxylic acids is 2. The molecule has 2 aromatic carbocycles. The van der Waals surface area contributed by atoms with E-state index in [-0.39, 0.29) is 24.0 Å². The predicted molar refractivity (Wildman–Crippen MR) is 96.9 cm³/mol. The summed E-state index contributed by atoms with van der Waals surface area (Å²) in [5.74, 6) is -0.791. The lowest BCUT2D eigenvalue weighted by atomic mass is 10.0.